The lowest BCUT2D eigenvalue weighted by molar-refractivity contribution is 0.0935. The number of hydrogen-bond acceptors (Lipinski definition) is 2. The number of benzene rings is 1. The van der Waals surface area contributed by atoms with Crippen molar-refractivity contribution in [2.24, 2.45) is 0 Å². The molecule has 2 aromatic rings. The lowest BCUT2D eigenvalue weighted by Crippen LogP contribution is -2.28. The number of carbonyl (C=O) groups excluding carboxylic acids is 1. The molecule has 0 spiro atoms. The van der Waals surface area contributed by atoms with E-state index in [2.05, 4.69) is 10.3 Å². The summed E-state index contributed by atoms with van der Waals surface area (Å²) < 4.78 is 13.5. The Morgan fingerprint density at radius 3 is 2.75 bits per heavy atom. The molecule has 0 saturated carbocycles. The topological polar surface area (TPSA) is 42.0 Å². The van der Waals surface area contributed by atoms with E-state index in [4.69, 9.17) is 0 Å². The summed E-state index contributed by atoms with van der Waals surface area (Å²) in [5.74, 6) is -1.04. The highest BCUT2D eigenvalue weighted by atomic mass is 19.1. The van der Waals surface area contributed by atoms with Crippen LogP contribution in [0.4, 0.5) is 4.39 Å². The molecular weight excluding hydrogens is 255 g/mol. The first-order valence-electron chi connectivity index (χ1n) is 6.46. The minimum Gasteiger partial charge on any atom is -0.345 e. The van der Waals surface area contributed by atoms with Gasteiger partial charge in [-0.1, -0.05) is 23.8 Å². The van der Waals surface area contributed by atoms with Crippen LogP contribution in [0.25, 0.3) is 0 Å². The lowest BCUT2D eigenvalue weighted by Gasteiger charge is -2.17. The van der Waals surface area contributed by atoms with Gasteiger partial charge in [0, 0.05) is 6.20 Å². The fourth-order valence-electron chi connectivity index (χ4n) is 2.14. The number of carbonyl (C=O) groups is 1. The molecule has 1 unspecified atom stereocenters. The number of halogens is 1. The SMILES string of the molecule is Cc1ccc(C)c(C(C)NC(=O)c2ccncc2F)c1. The zero-order valence-corrected chi connectivity index (χ0v) is 11.8. The number of aromatic nitrogens is 1. The average Bonchev–Trinajstić information content (AvgIpc) is 2.41. The summed E-state index contributed by atoms with van der Waals surface area (Å²) in [6.07, 6.45) is 2.44. The number of aryl methyl sites for hydroxylation is 2. The molecule has 1 amide bonds. The van der Waals surface area contributed by atoms with Crippen LogP contribution in [0.5, 0.6) is 0 Å². The van der Waals surface area contributed by atoms with E-state index in [1.165, 1.54) is 12.3 Å². The largest absolute Gasteiger partial charge is 0.345 e. The second-order valence-electron chi connectivity index (χ2n) is 4.91. The van der Waals surface area contributed by atoms with Gasteiger partial charge in [-0.25, -0.2) is 4.39 Å². The smallest absolute Gasteiger partial charge is 0.254 e. The van der Waals surface area contributed by atoms with Crippen LogP contribution in [0.2, 0.25) is 0 Å². The molecular formula is C16H17FN2O. The Hall–Kier alpha value is -2.23. The molecule has 2 rings (SSSR count). The predicted molar refractivity (Wildman–Crippen MR) is 76.0 cm³/mol. The van der Waals surface area contributed by atoms with Crippen molar-refractivity contribution < 1.29 is 9.18 Å². The van der Waals surface area contributed by atoms with E-state index in [0.717, 1.165) is 22.9 Å². The zero-order valence-electron chi connectivity index (χ0n) is 11.8. The van der Waals surface area contributed by atoms with Crippen LogP contribution in [-0.4, -0.2) is 10.9 Å². The Morgan fingerprint density at radius 1 is 1.30 bits per heavy atom. The van der Waals surface area contributed by atoms with Crippen molar-refractivity contribution in [2.45, 2.75) is 26.8 Å². The standard InChI is InChI=1S/C16H17FN2O/c1-10-4-5-11(2)14(8-10)12(3)19-16(20)13-6-7-18-9-15(13)17/h4-9,12H,1-3H3,(H,19,20). The Bertz CT molecular complexity index is 640. The predicted octanol–water partition coefficient (Wildman–Crippen LogP) is 3.33. The van der Waals surface area contributed by atoms with Crippen LogP contribution in [0, 0.1) is 19.7 Å². The van der Waals surface area contributed by atoms with Crippen molar-refractivity contribution in [1.82, 2.24) is 10.3 Å². The van der Waals surface area contributed by atoms with E-state index in [-0.39, 0.29) is 11.6 Å². The van der Waals surface area contributed by atoms with Crippen molar-refractivity contribution in [3.63, 3.8) is 0 Å². The highest BCUT2D eigenvalue weighted by Crippen LogP contribution is 2.19. The number of hydrogen-bond donors (Lipinski definition) is 1. The molecule has 20 heavy (non-hydrogen) atoms. The maximum atomic E-state index is 13.5. The van der Waals surface area contributed by atoms with Gasteiger partial charge in [0.25, 0.3) is 5.91 Å². The van der Waals surface area contributed by atoms with Crippen molar-refractivity contribution in [3.05, 3.63) is 64.7 Å². The molecule has 0 fully saturated rings. The van der Waals surface area contributed by atoms with Gasteiger partial charge in [-0.05, 0) is 38.0 Å². The summed E-state index contributed by atoms with van der Waals surface area (Å²) in [6.45, 7) is 5.88. The van der Waals surface area contributed by atoms with Gasteiger partial charge < -0.3 is 5.32 Å². The first-order valence-corrected chi connectivity index (χ1v) is 6.46. The quantitative estimate of drug-likeness (QED) is 0.931. The highest BCUT2D eigenvalue weighted by Gasteiger charge is 2.16. The van der Waals surface area contributed by atoms with Crippen LogP contribution in [-0.2, 0) is 0 Å². The molecule has 104 valence electrons. The molecule has 4 heteroatoms. The maximum Gasteiger partial charge on any atom is 0.254 e. The van der Waals surface area contributed by atoms with Gasteiger partial charge in [-0.15, -0.1) is 0 Å². The monoisotopic (exact) mass is 272 g/mol. The first kappa shape index (κ1) is 14.2. The summed E-state index contributed by atoms with van der Waals surface area (Å²) >= 11 is 0. The molecule has 1 aromatic carbocycles. The first-order chi connectivity index (χ1) is 9.49. The van der Waals surface area contributed by atoms with Gasteiger partial charge in [-0.2, -0.15) is 0 Å². The third-order valence-corrected chi connectivity index (χ3v) is 3.27. The fraction of sp³-hybridized carbons (Fsp3) is 0.250. The minimum atomic E-state index is -0.613. The Morgan fingerprint density at radius 2 is 2.05 bits per heavy atom. The van der Waals surface area contributed by atoms with E-state index < -0.39 is 11.7 Å². The van der Waals surface area contributed by atoms with Crippen molar-refractivity contribution >= 4 is 5.91 Å². The normalized spacial score (nSPS) is 12.0. The Kier molecular flexibility index (Phi) is 4.13. The highest BCUT2D eigenvalue weighted by molar-refractivity contribution is 5.94. The summed E-state index contributed by atoms with van der Waals surface area (Å²) in [5.41, 5.74) is 3.27. The van der Waals surface area contributed by atoms with Crippen LogP contribution in [0.1, 0.15) is 40.0 Å². The van der Waals surface area contributed by atoms with E-state index in [1.807, 2.05) is 39.0 Å². The van der Waals surface area contributed by atoms with E-state index in [1.54, 1.807) is 0 Å². The maximum absolute atomic E-state index is 13.5. The van der Waals surface area contributed by atoms with Gasteiger partial charge >= 0.3 is 0 Å². The zero-order chi connectivity index (χ0) is 14.7. The van der Waals surface area contributed by atoms with Crippen LogP contribution in [0.3, 0.4) is 0 Å². The van der Waals surface area contributed by atoms with Gasteiger partial charge in [0.15, 0.2) is 5.82 Å². The molecule has 1 heterocycles. The molecule has 0 aliphatic carbocycles. The summed E-state index contributed by atoms with van der Waals surface area (Å²) in [4.78, 5) is 15.7. The van der Waals surface area contributed by atoms with E-state index in [0.29, 0.717) is 0 Å². The number of amides is 1. The molecule has 1 N–H and O–H groups in total. The number of nitrogens with zero attached hydrogens (tertiary/aromatic N) is 1. The average molecular weight is 272 g/mol. The third kappa shape index (κ3) is 3.02. The minimum absolute atomic E-state index is 0.0113. The molecule has 0 radical (unpaired) electrons. The molecule has 0 bridgehead atoms. The van der Waals surface area contributed by atoms with Gasteiger partial charge in [-0.3, -0.25) is 9.78 Å². The molecule has 1 atom stereocenters. The van der Waals surface area contributed by atoms with Crippen LogP contribution < -0.4 is 5.32 Å². The Labute approximate surface area is 117 Å². The van der Waals surface area contributed by atoms with Crippen LogP contribution in [0.15, 0.2) is 36.7 Å². The summed E-state index contributed by atoms with van der Waals surface area (Å²) in [6, 6.07) is 7.26. The van der Waals surface area contributed by atoms with Crippen molar-refractivity contribution in [1.29, 1.82) is 0 Å². The molecule has 3 nitrogen and oxygen atoms in total. The number of rotatable bonds is 3. The van der Waals surface area contributed by atoms with Crippen molar-refractivity contribution in [3.8, 4) is 0 Å². The van der Waals surface area contributed by atoms with Gasteiger partial charge in [0.2, 0.25) is 0 Å². The molecule has 0 aliphatic heterocycles. The number of pyridine rings is 1. The van der Waals surface area contributed by atoms with E-state index >= 15 is 0 Å². The molecule has 0 saturated heterocycles. The van der Waals surface area contributed by atoms with E-state index in [9.17, 15) is 9.18 Å². The molecule has 1 aromatic heterocycles. The fourth-order valence-corrected chi connectivity index (χ4v) is 2.14. The van der Waals surface area contributed by atoms with Gasteiger partial charge in [0.05, 0.1) is 17.8 Å². The number of nitrogens with one attached hydrogen (secondary N) is 1. The van der Waals surface area contributed by atoms with Crippen molar-refractivity contribution in [2.75, 3.05) is 0 Å². The summed E-state index contributed by atoms with van der Waals surface area (Å²) in [7, 11) is 0. The van der Waals surface area contributed by atoms with Gasteiger partial charge in [0.1, 0.15) is 0 Å². The molecule has 0 aliphatic rings. The third-order valence-electron chi connectivity index (χ3n) is 3.27. The van der Waals surface area contributed by atoms with Crippen LogP contribution >= 0.6 is 0 Å². The lowest BCUT2D eigenvalue weighted by atomic mass is 10.00. The second kappa shape index (κ2) is 5.82. The summed E-state index contributed by atoms with van der Waals surface area (Å²) in [5, 5.41) is 2.81. The Balaban J connectivity index is 2.19. The second-order valence-corrected chi connectivity index (χ2v) is 4.91.